The monoisotopic (exact) mass is 718 g/mol. The first kappa shape index (κ1) is 32.1. The van der Waals surface area contributed by atoms with Gasteiger partial charge in [-0.25, -0.2) is 15.0 Å². The molecule has 2 aliphatic rings. The highest BCUT2D eigenvalue weighted by Crippen LogP contribution is 2.53. The van der Waals surface area contributed by atoms with Crippen LogP contribution in [0.3, 0.4) is 0 Å². The Morgan fingerprint density at radius 1 is 0.446 bits per heavy atom. The average Bonchev–Trinajstić information content (AvgIpc) is 3.82. The predicted octanol–water partition coefficient (Wildman–Crippen LogP) is 12.6. The lowest BCUT2D eigenvalue weighted by atomic mass is 9.82. The summed E-state index contributed by atoms with van der Waals surface area (Å²) in [5, 5.41) is 1.07. The summed E-state index contributed by atoms with van der Waals surface area (Å²) in [7, 11) is 0. The minimum Gasteiger partial charge on any atom is -0.456 e. The normalized spacial score (nSPS) is 15.4. The fraction of sp³-hybridized carbons (Fsp3) is 0.0392. The number of hydrogen-bond acceptors (Lipinski definition) is 5. The van der Waals surface area contributed by atoms with Gasteiger partial charge in [-0.2, -0.15) is 0 Å². The summed E-state index contributed by atoms with van der Waals surface area (Å²) in [6.45, 7) is 0. The number of benzene rings is 7. The van der Waals surface area contributed by atoms with Crippen molar-refractivity contribution in [1.29, 1.82) is 0 Å². The van der Waals surface area contributed by atoms with E-state index < -0.39 is 0 Å². The first-order valence-corrected chi connectivity index (χ1v) is 19.0. The zero-order chi connectivity index (χ0) is 37.0. The van der Waals surface area contributed by atoms with Crippen LogP contribution in [0, 0.1) is 0 Å². The second kappa shape index (κ2) is 13.2. The lowest BCUT2D eigenvalue weighted by molar-refractivity contribution is 0.584. The number of hydrogen-bond donors (Lipinski definition) is 0. The molecule has 264 valence electrons. The third-order valence-corrected chi connectivity index (χ3v) is 11.0. The smallest absolute Gasteiger partial charge is 0.164 e. The molecule has 2 aromatic heterocycles. The number of nitrogens with zero attached hydrogens (tertiary/aromatic N) is 4. The standard InChI is InChI=1S/C51H34N4O/c1-5-15-33(16-6-1)37-29-38(34-17-7-2-8-18-34)31-39(30-37)51-53-49(35-19-9-3-10-20-35)52-50(54-51)36-25-27-45-42(32-36)48-46(56-45)28-26-44-47(48)41-23-13-14-24-43(41)55(44)40-21-11-4-12-22-40/h1-32,44,47H. The van der Waals surface area contributed by atoms with Crippen molar-refractivity contribution in [2.75, 3.05) is 4.90 Å². The highest BCUT2D eigenvalue weighted by atomic mass is 16.3. The molecule has 11 rings (SSSR count). The van der Waals surface area contributed by atoms with Crippen molar-refractivity contribution in [3.63, 3.8) is 0 Å². The van der Waals surface area contributed by atoms with E-state index in [0.717, 1.165) is 55.7 Å². The SMILES string of the molecule is C1=CC2C(c3ccccc3N2c2ccccc2)c2c1oc1ccc(-c3nc(-c4ccccc4)nc(-c4cc(-c5ccccc5)cc(-c5ccccc5)c4)n3)cc21. The van der Waals surface area contributed by atoms with Crippen molar-refractivity contribution < 1.29 is 4.42 Å². The van der Waals surface area contributed by atoms with E-state index in [1.807, 2.05) is 30.3 Å². The van der Waals surface area contributed by atoms with Crippen molar-refractivity contribution >= 4 is 28.4 Å². The summed E-state index contributed by atoms with van der Waals surface area (Å²) < 4.78 is 6.58. The Morgan fingerprint density at radius 2 is 0.982 bits per heavy atom. The summed E-state index contributed by atoms with van der Waals surface area (Å²) >= 11 is 0. The van der Waals surface area contributed by atoms with E-state index in [2.05, 4.69) is 169 Å². The third kappa shape index (κ3) is 5.44. The highest BCUT2D eigenvalue weighted by Gasteiger charge is 2.43. The summed E-state index contributed by atoms with van der Waals surface area (Å²) in [5.41, 5.74) is 12.9. The van der Waals surface area contributed by atoms with E-state index in [0.29, 0.717) is 17.5 Å². The largest absolute Gasteiger partial charge is 0.456 e. The lowest BCUT2D eigenvalue weighted by Crippen LogP contribution is -2.30. The number of furan rings is 1. The number of anilines is 2. The zero-order valence-corrected chi connectivity index (χ0v) is 30.3. The van der Waals surface area contributed by atoms with Gasteiger partial charge in [0.2, 0.25) is 0 Å². The molecular formula is C51H34N4O. The van der Waals surface area contributed by atoms with Crippen molar-refractivity contribution in [1.82, 2.24) is 15.0 Å². The second-order valence-corrected chi connectivity index (χ2v) is 14.4. The van der Waals surface area contributed by atoms with Gasteiger partial charge in [-0.15, -0.1) is 0 Å². The van der Waals surface area contributed by atoms with Crippen LogP contribution in [-0.2, 0) is 0 Å². The van der Waals surface area contributed by atoms with Gasteiger partial charge in [-0.3, -0.25) is 0 Å². The molecule has 56 heavy (non-hydrogen) atoms. The number of aromatic nitrogens is 3. The van der Waals surface area contributed by atoms with Crippen molar-refractivity contribution in [3.05, 3.63) is 205 Å². The predicted molar refractivity (Wildman–Crippen MR) is 226 cm³/mol. The van der Waals surface area contributed by atoms with Gasteiger partial charge < -0.3 is 9.32 Å². The minimum atomic E-state index is 0.0915. The maximum absolute atomic E-state index is 6.58. The molecule has 2 atom stereocenters. The molecule has 0 saturated carbocycles. The molecule has 5 nitrogen and oxygen atoms in total. The van der Waals surface area contributed by atoms with Crippen LogP contribution >= 0.6 is 0 Å². The van der Waals surface area contributed by atoms with Gasteiger partial charge in [0.25, 0.3) is 0 Å². The molecule has 2 unspecified atom stereocenters. The molecule has 0 N–H and O–H groups in total. The van der Waals surface area contributed by atoms with Crippen LogP contribution in [0.15, 0.2) is 192 Å². The van der Waals surface area contributed by atoms with Crippen molar-refractivity contribution in [2.24, 2.45) is 0 Å². The van der Waals surface area contributed by atoms with E-state index in [9.17, 15) is 0 Å². The molecule has 9 aromatic rings. The molecule has 0 radical (unpaired) electrons. The second-order valence-electron chi connectivity index (χ2n) is 14.4. The van der Waals surface area contributed by atoms with Crippen molar-refractivity contribution in [3.8, 4) is 56.4 Å². The van der Waals surface area contributed by atoms with E-state index in [-0.39, 0.29) is 12.0 Å². The Bertz CT molecular complexity index is 2860. The lowest BCUT2D eigenvalue weighted by Gasteiger charge is -2.30. The Hall–Kier alpha value is -7.37. The molecule has 0 saturated heterocycles. The summed E-state index contributed by atoms with van der Waals surface area (Å²) in [6, 6.07) is 63.6. The van der Waals surface area contributed by atoms with Crippen LogP contribution in [0.5, 0.6) is 0 Å². The van der Waals surface area contributed by atoms with Crippen LogP contribution < -0.4 is 4.90 Å². The van der Waals surface area contributed by atoms with Gasteiger partial charge in [-0.1, -0.05) is 133 Å². The first-order chi connectivity index (χ1) is 27.7. The van der Waals surface area contributed by atoms with E-state index in [1.165, 1.54) is 22.5 Å². The van der Waals surface area contributed by atoms with Gasteiger partial charge >= 0.3 is 0 Å². The maximum Gasteiger partial charge on any atom is 0.164 e. The molecule has 1 aliphatic carbocycles. The Labute approximate surface area is 324 Å². The fourth-order valence-corrected chi connectivity index (χ4v) is 8.49. The zero-order valence-electron chi connectivity index (χ0n) is 30.3. The minimum absolute atomic E-state index is 0.0915. The number of rotatable bonds is 6. The van der Waals surface area contributed by atoms with Gasteiger partial charge in [0.15, 0.2) is 17.5 Å². The molecular weight excluding hydrogens is 685 g/mol. The molecule has 5 heteroatoms. The van der Waals surface area contributed by atoms with Crippen LogP contribution in [0.1, 0.15) is 22.8 Å². The molecule has 0 fully saturated rings. The Morgan fingerprint density at radius 3 is 1.64 bits per heavy atom. The average molecular weight is 719 g/mol. The van der Waals surface area contributed by atoms with Crippen LogP contribution in [-0.4, -0.2) is 21.0 Å². The van der Waals surface area contributed by atoms with Crippen LogP contribution in [0.2, 0.25) is 0 Å². The summed E-state index contributed by atoms with van der Waals surface area (Å²) in [6.07, 6.45) is 4.44. The topological polar surface area (TPSA) is 55.1 Å². The van der Waals surface area contributed by atoms with E-state index >= 15 is 0 Å². The molecule has 3 heterocycles. The van der Waals surface area contributed by atoms with Crippen LogP contribution in [0.25, 0.3) is 73.5 Å². The van der Waals surface area contributed by atoms with Gasteiger partial charge in [-0.05, 0) is 88.5 Å². The van der Waals surface area contributed by atoms with E-state index in [4.69, 9.17) is 19.4 Å². The molecule has 0 amide bonds. The van der Waals surface area contributed by atoms with Gasteiger partial charge in [0.05, 0.1) is 6.04 Å². The number of fused-ring (bicyclic) bond motifs is 7. The quantitative estimate of drug-likeness (QED) is 0.171. The van der Waals surface area contributed by atoms with Gasteiger partial charge in [0.1, 0.15) is 11.3 Å². The Balaban J connectivity index is 1.09. The Kier molecular flexibility index (Phi) is 7.56. The van der Waals surface area contributed by atoms with Gasteiger partial charge in [0, 0.05) is 44.9 Å². The fourth-order valence-electron chi connectivity index (χ4n) is 8.49. The highest BCUT2D eigenvalue weighted by molar-refractivity contribution is 5.93. The number of para-hydroxylation sites is 2. The first-order valence-electron chi connectivity index (χ1n) is 19.0. The molecule has 0 bridgehead atoms. The summed E-state index contributed by atoms with van der Waals surface area (Å²) in [4.78, 5) is 18.0. The van der Waals surface area contributed by atoms with Crippen LogP contribution in [0.4, 0.5) is 11.4 Å². The molecule has 1 aliphatic heterocycles. The van der Waals surface area contributed by atoms with E-state index in [1.54, 1.807) is 0 Å². The third-order valence-electron chi connectivity index (χ3n) is 11.0. The summed E-state index contributed by atoms with van der Waals surface area (Å²) in [5.74, 6) is 2.84. The molecule has 0 spiro atoms. The van der Waals surface area contributed by atoms with Crippen molar-refractivity contribution in [2.45, 2.75) is 12.0 Å². The maximum atomic E-state index is 6.58. The molecule has 7 aromatic carbocycles.